The van der Waals surface area contributed by atoms with Crippen molar-refractivity contribution in [3.05, 3.63) is 12.3 Å². The summed E-state index contributed by atoms with van der Waals surface area (Å²) in [6, 6.07) is 0. The van der Waals surface area contributed by atoms with Crippen LogP contribution in [0.5, 0.6) is 0 Å². The zero-order chi connectivity index (χ0) is 8.10. The summed E-state index contributed by atoms with van der Waals surface area (Å²) in [6.07, 6.45) is 7.75. The van der Waals surface area contributed by atoms with Crippen LogP contribution in [0.25, 0.3) is 0 Å². The standard InChI is InChI=1S/C10H17F/c1-2-10(11)8-9-6-4-3-5-7-9/h3,10H,2,4-8H2,1H3. The second-order valence-electron chi connectivity index (χ2n) is 3.33. The lowest BCUT2D eigenvalue weighted by Gasteiger charge is -2.21. The van der Waals surface area contributed by atoms with Crippen LogP contribution in [-0.4, -0.2) is 6.17 Å². The van der Waals surface area contributed by atoms with Gasteiger partial charge in [0.15, 0.2) is 0 Å². The molecule has 64 valence electrons. The first-order valence-electron chi connectivity index (χ1n) is 4.62. The van der Waals surface area contributed by atoms with E-state index in [1.807, 2.05) is 6.92 Å². The molecule has 0 aliphatic heterocycles. The molecule has 1 atom stereocenters. The molecule has 1 heteroatoms. The van der Waals surface area contributed by atoms with E-state index in [0.717, 1.165) is 19.3 Å². The van der Waals surface area contributed by atoms with Gasteiger partial charge in [-0.15, -0.1) is 0 Å². The van der Waals surface area contributed by atoms with E-state index in [2.05, 4.69) is 6.42 Å². The fourth-order valence-electron chi connectivity index (χ4n) is 1.54. The van der Waals surface area contributed by atoms with Crippen molar-refractivity contribution in [3.63, 3.8) is 0 Å². The minimum atomic E-state index is -0.580. The molecular weight excluding hydrogens is 139 g/mol. The van der Waals surface area contributed by atoms with Gasteiger partial charge in [-0.2, -0.15) is 0 Å². The van der Waals surface area contributed by atoms with Gasteiger partial charge in [0.25, 0.3) is 0 Å². The summed E-state index contributed by atoms with van der Waals surface area (Å²) >= 11 is 0. The molecule has 0 N–H and O–H groups in total. The van der Waals surface area contributed by atoms with Gasteiger partial charge in [0.2, 0.25) is 0 Å². The summed E-state index contributed by atoms with van der Waals surface area (Å²) in [5.41, 5.74) is 0. The first kappa shape index (κ1) is 9.02. The van der Waals surface area contributed by atoms with Gasteiger partial charge in [-0.3, -0.25) is 0 Å². The number of halogens is 1. The topological polar surface area (TPSA) is 0 Å². The van der Waals surface area contributed by atoms with Crippen molar-refractivity contribution in [2.45, 2.75) is 51.6 Å². The molecule has 0 nitrogen and oxygen atoms in total. The van der Waals surface area contributed by atoms with E-state index >= 15 is 0 Å². The van der Waals surface area contributed by atoms with E-state index in [4.69, 9.17) is 0 Å². The van der Waals surface area contributed by atoms with Crippen molar-refractivity contribution in [3.8, 4) is 0 Å². The predicted molar refractivity (Wildman–Crippen MR) is 45.8 cm³/mol. The molecule has 0 aromatic rings. The van der Waals surface area contributed by atoms with Gasteiger partial charge in [0, 0.05) is 0 Å². The fourth-order valence-corrected chi connectivity index (χ4v) is 1.54. The van der Waals surface area contributed by atoms with Gasteiger partial charge in [-0.1, -0.05) is 6.92 Å². The molecule has 1 aliphatic rings. The Bertz CT molecular complexity index is 95.0. The first-order valence-corrected chi connectivity index (χ1v) is 4.62. The van der Waals surface area contributed by atoms with Gasteiger partial charge >= 0.3 is 0 Å². The van der Waals surface area contributed by atoms with E-state index in [9.17, 15) is 4.39 Å². The van der Waals surface area contributed by atoms with Crippen molar-refractivity contribution in [2.24, 2.45) is 0 Å². The fraction of sp³-hybridized carbons (Fsp3) is 0.800. The van der Waals surface area contributed by atoms with Crippen molar-refractivity contribution >= 4 is 0 Å². The second-order valence-corrected chi connectivity index (χ2v) is 3.33. The van der Waals surface area contributed by atoms with Gasteiger partial charge in [0.05, 0.1) is 0 Å². The Balaban J connectivity index is 2.13. The van der Waals surface area contributed by atoms with E-state index in [0.29, 0.717) is 6.42 Å². The lowest BCUT2D eigenvalue weighted by Crippen LogP contribution is -2.10. The van der Waals surface area contributed by atoms with Crippen LogP contribution in [0, 0.1) is 12.3 Å². The average molecular weight is 156 g/mol. The lowest BCUT2D eigenvalue weighted by molar-refractivity contribution is 0.300. The first-order chi connectivity index (χ1) is 5.33. The summed E-state index contributed by atoms with van der Waals surface area (Å²) in [4.78, 5) is 0. The van der Waals surface area contributed by atoms with E-state index < -0.39 is 6.17 Å². The third-order valence-corrected chi connectivity index (χ3v) is 2.36. The Hall–Kier alpha value is -0.0700. The maximum absolute atomic E-state index is 12.9. The lowest BCUT2D eigenvalue weighted by atomic mass is 9.85. The molecule has 0 aromatic heterocycles. The van der Waals surface area contributed by atoms with Crippen LogP contribution in [0.15, 0.2) is 0 Å². The Kier molecular flexibility index (Phi) is 3.88. The van der Waals surface area contributed by atoms with Crippen LogP contribution in [0.3, 0.4) is 0 Å². The Morgan fingerprint density at radius 1 is 1.45 bits per heavy atom. The van der Waals surface area contributed by atoms with E-state index in [1.54, 1.807) is 0 Å². The predicted octanol–water partition coefficient (Wildman–Crippen LogP) is 3.48. The van der Waals surface area contributed by atoms with E-state index in [-0.39, 0.29) is 0 Å². The summed E-state index contributed by atoms with van der Waals surface area (Å²) < 4.78 is 12.9. The molecule has 1 saturated carbocycles. The molecule has 0 bridgehead atoms. The normalized spacial score (nSPS) is 23.5. The molecule has 2 radical (unpaired) electrons. The molecule has 11 heavy (non-hydrogen) atoms. The van der Waals surface area contributed by atoms with Crippen LogP contribution in [0.4, 0.5) is 4.39 Å². The smallest absolute Gasteiger partial charge is 0.100 e. The molecular formula is C10H17F. The van der Waals surface area contributed by atoms with Crippen molar-refractivity contribution in [1.82, 2.24) is 0 Å². The van der Waals surface area contributed by atoms with Crippen molar-refractivity contribution in [2.75, 3.05) is 0 Å². The number of hydrogen-bond donors (Lipinski definition) is 0. The maximum atomic E-state index is 12.9. The minimum Gasteiger partial charge on any atom is -0.247 e. The van der Waals surface area contributed by atoms with Gasteiger partial charge in [0.1, 0.15) is 6.17 Å². The van der Waals surface area contributed by atoms with Crippen LogP contribution < -0.4 is 0 Å². The van der Waals surface area contributed by atoms with Gasteiger partial charge in [-0.25, -0.2) is 4.39 Å². The molecule has 1 aliphatic carbocycles. The largest absolute Gasteiger partial charge is 0.247 e. The average Bonchev–Trinajstić information content (AvgIpc) is 2.06. The SMILES string of the molecule is CCC(F)C[C]1CC[CH]CC1. The van der Waals surface area contributed by atoms with Gasteiger partial charge < -0.3 is 0 Å². The van der Waals surface area contributed by atoms with Crippen molar-refractivity contribution in [1.29, 1.82) is 0 Å². The zero-order valence-electron chi connectivity index (χ0n) is 7.28. The molecule has 0 spiro atoms. The highest BCUT2D eigenvalue weighted by atomic mass is 19.1. The highest BCUT2D eigenvalue weighted by Crippen LogP contribution is 2.29. The summed E-state index contributed by atoms with van der Waals surface area (Å²) in [6.45, 7) is 1.92. The summed E-state index contributed by atoms with van der Waals surface area (Å²) in [5, 5.41) is 0. The van der Waals surface area contributed by atoms with Gasteiger partial charge in [-0.05, 0) is 50.9 Å². The minimum absolute atomic E-state index is 0.580. The van der Waals surface area contributed by atoms with E-state index in [1.165, 1.54) is 18.8 Å². The number of hydrogen-bond acceptors (Lipinski definition) is 0. The molecule has 1 fully saturated rings. The highest BCUT2D eigenvalue weighted by molar-refractivity contribution is 4.98. The number of rotatable bonds is 3. The third-order valence-electron chi connectivity index (χ3n) is 2.36. The maximum Gasteiger partial charge on any atom is 0.100 e. The third kappa shape index (κ3) is 3.22. The summed E-state index contributed by atoms with van der Waals surface area (Å²) in [7, 11) is 0. The zero-order valence-corrected chi connectivity index (χ0v) is 7.28. The number of alkyl halides is 1. The molecule has 1 unspecified atom stereocenters. The Morgan fingerprint density at radius 2 is 2.09 bits per heavy atom. The van der Waals surface area contributed by atoms with Crippen LogP contribution in [-0.2, 0) is 0 Å². The summed E-state index contributed by atoms with van der Waals surface area (Å²) in [5.74, 6) is 1.45. The molecule has 1 rings (SSSR count). The quantitative estimate of drug-likeness (QED) is 0.587. The Labute approximate surface area is 69.2 Å². The second kappa shape index (κ2) is 4.74. The Morgan fingerprint density at radius 3 is 2.64 bits per heavy atom. The van der Waals surface area contributed by atoms with Crippen LogP contribution in [0.1, 0.15) is 45.4 Å². The molecule has 0 saturated heterocycles. The molecule has 0 aromatic carbocycles. The monoisotopic (exact) mass is 156 g/mol. The van der Waals surface area contributed by atoms with Crippen LogP contribution in [0.2, 0.25) is 0 Å². The molecule has 0 heterocycles. The van der Waals surface area contributed by atoms with Crippen molar-refractivity contribution < 1.29 is 4.39 Å². The molecule has 0 amide bonds. The van der Waals surface area contributed by atoms with Crippen LogP contribution >= 0.6 is 0 Å². The highest BCUT2D eigenvalue weighted by Gasteiger charge is 2.17.